The maximum absolute atomic E-state index is 12.0. The lowest BCUT2D eigenvalue weighted by molar-refractivity contribution is -0.112. The van der Waals surface area contributed by atoms with Crippen molar-refractivity contribution in [2.24, 2.45) is 0 Å². The van der Waals surface area contributed by atoms with Crippen LogP contribution in [0.5, 0.6) is 0 Å². The lowest BCUT2D eigenvalue weighted by Gasteiger charge is -2.12. The summed E-state index contributed by atoms with van der Waals surface area (Å²) < 4.78 is 0. The molecule has 1 aliphatic heterocycles. The second kappa shape index (κ2) is 6.57. The van der Waals surface area contributed by atoms with Gasteiger partial charge >= 0.3 is 5.97 Å². The third-order valence-corrected chi connectivity index (χ3v) is 3.18. The van der Waals surface area contributed by atoms with Gasteiger partial charge in [-0.2, -0.15) is 5.26 Å². The number of nitriles is 1. The van der Waals surface area contributed by atoms with Gasteiger partial charge in [0.2, 0.25) is 0 Å². The highest BCUT2D eigenvalue weighted by Crippen LogP contribution is 2.13. The highest BCUT2D eigenvalue weighted by Gasteiger charge is 2.14. The molecule has 0 aliphatic carbocycles. The van der Waals surface area contributed by atoms with Gasteiger partial charge in [-0.05, 0) is 31.0 Å². The second-order valence-corrected chi connectivity index (χ2v) is 4.74. The van der Waals surface area contributed by atoms with Crippen molar-refractivity contribution >= 4 is 17.6 Å². The molecule has 1 aromatic carbocycles. The Kier molecular flexibility index (Phi) is 4.57. The molecule has 1 amide bonds. The quantitative estimate of drug-likeness (QED) is 0.650. The van der Waals surface area contributed by atoms with Gasteiger partial charge < -0.3 is 15.3 Å². The van der Waals surface area contributed by atoms with E-state index in [1.807, 2.05) is 11.0 Å². The number of hydrogen-bond acceptors (Lipinski definition) is 4. The monoisotopic (exact) mass is 285 g/mol. The molecule has 1 aliphatic rings. The van der Waals surface area contributed by atoms with Crippen molar-refractivity contribution < 1.29 is 14.7 Å². The lowest BCUT2D eigenvalue weighted by atomic mass is 10.2. The molecule has 2 rings (SSSR count). The summed E-state index contributed by atoms with van der Waals surface area (Å²) in [6.07, 6.45) is 3.67. The van der Waals surface area contributed by atoms with Crippen LogP contribution in [-0.2, 0) is 4.79 Å². The SMILES string of the molecule is N#C/C(=C/N1CCCC1)C(=O)Nc1cccc(C(=O)O)c1. The number of rotatable bonds is 4. The van der Waals surface area contributed by atoms with Crippen molar-refractivity contribution in [1.82, 2.24) is 4.90 Å². The van der Waals surface area contributed by atoms with Crippen molar-refractivity contribution in [1.29, 1.82) is 5.26 Å². The van der Waals surface area contributed by atoms with Crippen LogP contribution in [0, 0.1) is 11.3 Å². The molecule has 6 nitrogen and oxygen atoms in total. The molecule has 0 saturated carbocycles. The van der Waals surface area contributed by atoms with Gasteiger partial charge in [-0.15, -0.1) is 0 Å². The third-order valence-electron chi connectivity index (χ3n) is 3.18. The first-order valence-electron chi connectivity index (χ1n) is 6.61. The van der Waals surface area contributed by atoms with Gasteiger partial charge in [-0.25, -0.2) is 4.79 Å². The minimum absolute atomic E-state index is 0.0117. The number of carboxylic acids is 1. The molecule has 0 aromatic heterocycles. The fourth-order valence-corrected chi connectivity index (χ4v) is 2.12. The number of hydrogen-bond donors (Lipinski definition) is 2. The van der Waals surface area contributed by atoms with Crippen molar-refractivity contribution in [2.75, 3.05) is 18.4 Å². The smallest absolute Gasteiger partial charge is 0.335 e. The highest BCUT2D eigenvalue weighted by molar-refractivity contribution is 6.06. The first-order chi connectivity index (χ1) is 10.1. The van der Waals surface area contributed by atoms with Gasteiger partial charge in [0.1, 0.15) is 11.6 Å². The molecule has 21 heavy (non-hydrogen) atoms. The number of anilines is 1. The summed E-state index contributed by atoms with van der Waals surface area (Å²) in [5.74, 6) is -1.61. The molecular weight excluding hydrogens is 270 g/mol. The molecule has 108 valence electrons. The lowest BCUT2D eigenvalue weighted by Crippen LogP contribution is -2.18. The normalized spacial score (nSPS) is 14.6. The molecular formula is C15H15N3O3. The molecule has 2 N–H and O–H groups in total. The molecule has 1 heterocycles. The number of carbonyl (C=O) groups excluding carboxylic acids is 1. The van der Waals surface area contributed by atoms with E-state index >= 15 is 0 Å². The summed E-state index contributed by atoms with van der Waals surface area (Å²) in [6, 6.07) is 7.78. The van der Waals surface area contributed by atoms with Crippen molar-refractivity contribution in [3.63, 3.8) is 0 Å². The summed E-state index contributed by atoms with van der Waals surface area (Å²) in [4.78, 5) is 24.8. The maximum atomic E-state index is 12.0. The van der Waals surface area contributed by atoms with E-state index in [0.717, 1.165) is 25.9 Å². The minimum atomic E-state index is -1.07. The number of carbonyl (C=O) groups is 2. The fourth-order valence-electron chi connectivity index (χ4n) is 2.12. The number of carboxylic acid groups (broad SMARTS) is 1. The molecule has 0 radical (unpaired) electrons. The van der Waals surface area contributed by atoms with E-state index in [1.165, 1.54) is 18.2 Å². The van der Waals surface area contributed by atoms with Crippen LogP contribution in [-0.4, -0.2) is 35.0 Å². The van der Waals surface area contributed by atoms with Crippen LogP contribution in [0.15, 0.2) is 36.0 Å². The molecule has 0 atom stereocenters. The molecule has 6 heteroatoms. The summed E-state index contributed by atoms with van der Waals surface area (Å²) >= 11 is 0. The number of likely N-dealkylation sites (tertiary alicyclic amines) is 1. The average molecular weight is 285 g/mol. The van der Waals surface area contributed by atoms with Gasteiger partial charge in [0, 0.05) is 25.0 Å². The number of benzene rings is 1. The van der Waals surface area contributed by atoms with Crippen molar-refractivity contribution in [3.8, 4) is 6.07 Å². The van der Waals surface area contributed by atoms with E-state index in [0.29, 0.717) is 5.69 Å². The first kappa shape index (κ1) is 14.6. The van der Waals surface area contributed by atoms with Crippen molar-refractivity contribution in [2.45, 2.75) is 12.8 Å². The molecule has 1 fully saturated rings. The van der Waals surface area contributed by atoms with Gasteiger partial charge in [0.15, 0.2) is 0 Å². The zero-order valence-corrected chi connectivity index (χ0v) is 11.4. The zero-order valence-electron chi connectivity index (χ0n) is 11.4. The number of aromatic carboxylic acids is 1. The van der Waals surface area contributed by atoms with E-state index in [1.54, 1.807) is 12.3 Å². The van der Waals surface area contributed by atoms with Crippen molar-refractivity contribution in [3.05, 3.63) is 41.6 Å². The third kappa shape index (κ3) is 3.83. The molecule has 0 bridgehead atoms. The van der Waals surface area contributed by atoms with Crippen LogP contribution in [0.3, 0.4) is 0 Å². The Morgan fingerprint density at radius 1 is 1.33 bits per heavy atom. The van der Waals surface area contributed by atoms with Gasteiger partial charge in [0.25, 0.3) is 5.91 Å². The van der Waals surface area contributed by atoms with Crippen LogP contribution in [0.1, 0.15) is 23.2 Å². The first-order valence-corrected chi connectivity index (χ1v) is 6.61. The Bertz CT molecular complexity index is 625. The predicted molar refractivity (Wildman–Crippen MR) is 76.5 cm³/mol. The van der Waals surface area contributed by atoms with E-state index < -0.39 is 11.9 Å². The second-order valence-electron chi connectivity index (χ2n) is 4.74. The molecule has 1 saturated heterocycles. The fraction of sp³-hybridized carbons (Fsp3) is 0.267. The van der Waals surface area contributed by atoms with Crippen LogP contribution < -0.4 is 5.32 Å². The largest absolute Gasteiger partial charge is 0.478 e. The highest BCUT2D eigenvalue weighted by atomic mass is 16.4. The van der Waals surface area contributed by atoms with E-state index in [9.17, 15) is 9.59 Å². The van der Waals surface area contributed by atoms with Crippen LogP contribution in [0.2, 0.25) is 0 Å². The Balaban J connectivity index is 2.10. The summed E-state index contributed by atoms with van der Waals surface area (Å²) in [6.45, 7) is 1.68. The Morgan fingerprint density at radius 3 is 2.67 bits per heavy atom. The Morgan fingerprint density at radius 2 is 2.05 bits per heavy atom. The summed E-state index contributed by atoms with van der Waals surface area (Å²) in [7, 11) is 0. The number of nitrogens with one attached hydrogen (secondary N) is 1. The Hall–Kier alpha value is -2.81. The maximum Gasteiger partial charge on any atom is 0.335 e. The molecule has 1 aromatic rings. The van der Waals surface area contributed by atoms with E-state index in [-0.39, 0.29) is 11.1 Å². The van der Waals surface area contributed by atoms with Gasteiger partial charge in [0.05, 0.1) is 5.56 Å². The van der Waals surface area contributed by atoms with Crippen LogP contribution in [0.4, 0.5) is 5.69 Å². The van der Waals surface area contributed by atoms with Crippen LogP contribution >= 0.6 is 0 Å². The topological polar surface area (TPSA) is 93.4 Å². The van der Waals surface area contributed by atoms with Gasteiger partial charge in [-0.3, -0.25) is 4.79 Å². The van der Waals surface area contributed by atoms with E-state index in [2.05, 4.69) is 5.32 Å². The Labute approximate surface area is 122 Å². The predicted octanol–water partition coefficient (Wildman–Crippen LogP) is 1.83. The minimum Gasteiger partial charge on any atom is -0.478 e. The standard InChI is InChI=1S/C15H15N3O3/c16-9-12(10-18-6-1-2-7-18)14(19)17-13-5-3-4-11(8-13)15(20)21/h3-5,8,10H,1-2,6-7H2,(H,17,19)(H,20,21)/b12-10-. The molecule has 0 unspecified atom stereocenters. The van der Waals surface area contributed by atoms with Crippen LogP contribution in [0.25, 0.3) is 0 Å². The summed E-state index contributed by atoms with van der Waals surface area (Å²) in [5.41, 5.74) is 0.440. The zero-order chi connectivity index (χ0) is 15.2. The molecule has 0 spiro atoms. The number of amides is 1. The average Bonchev–Trinajstić information content (AvgIpc) is 2.97. The summed E-state index contributed by atoms with van der Waals surface area (Å²) in [5, 5.41) is 20.5. The van der Waals surface area contributed by atoms with E-state index in [4.69, 9.17) is 10.4 Å². The van der Waals surface area contributed by atoms with Gasteiger partial charge in [-0.1, -0.05) is 6.07 Å². The number of nitrogens with zero attached hydrogens (tertiary/aromatic N) is 2.